The summed E-state index contributed by atoms with van der Waals surface area (Å²) >= 11 is 1.25. The van der Waals surface area contributed by atoms with E-state index in [2.05, 4.69) is 36.4 Å². The highest BCUT2D eigenvalue weighted by atomic mass is 32.1. The molecule has 4 aromatic rings. The zero-order valence-electron chi connectivity index (χ0n) is 23.8. The van der Waals surface area contributed by atoms with Crippen LogP contribution in [0.4, 0.5) is 0 Å². The number of nitrogens with one attached hydrogen (secondary N) is 4. The van der Waals surface area contributed by atoms with E-state index in [0.717, 1.165) is 5.56 Å². The number of fused-ring (bicyclic) bond motifs is 3. The molecule has 0 saturated heterocycles. The molecule has 0 fully saturated rings. The minimum atomic E-state index is -0.900. The molecule has 4 heterocycles. The molecule has 2 bridgehead atoms. The SMILES string of the molecule is CC(C)[C@H]1NC(=O)[C@@H](NC(=O)c2onc3ncccc23)CCCCNC(=O)[C@@H](Cc2ccccc2)NC(=O)c2csc1n2. The van der Waals surface area contributed by atoms with Gasteiger partial charge in [-0.05, 0) is 42.9 Å². The van der Waals surface area contributed by atoms with Gasteiger partial charge in [-0.25, -0.2) is 9.97 Å². The summed E-state index contributed by atoms with van der Waals surface area (Å²) in [7, 11) is 0. The predicted octanol–water partition coefficient (Wildman–Crippen LogP) is 2.93. The Morgan fingerprint density at radius 2 is 1.88 bits per heavy atom. The number of aromatic nitrogens is 3. The summed E-state index contributed by atoms with van der Waals surface area (Å²) in [6.07, 6.45) is 3.26. The van der Waals surface area contributed by atoms with Crippen molar-refractivity contribution in [3.05, 3.63) is 76.1 Å². The fourth-order valence-electron chi connectivity index (χ4n) is 4.84. The molecule has 1 aromatic carbocycles. The van der Waals surface area contributed by atoms with Crippen molar-refractivity contribution in [3.8, 4) is 0 Å². The Balaban J connectivity index is 1.38. The molecule has 13 heteroatoms. The van der Waals surface area contributed by atoms with Gasteiger partial charge in [0.1, 0.15) is 22.8 Å². The van der Waals surface area contributed by atoms with E-state index in [9.17, 15) is 19.2 Å². The fraction of sp³-hybridized carbons (Fsp3) is 0.367. The monoisotopic (exact) mass is 603 g/mol. The molecule has 0 saturated carbocycles. The first kappa shape index (κ1) is 29.8. The fourth-order valence-corrected chi connectivity index (χ4v) is 5.86. The van der Waals surface area contributed by atoms with Crippen LogP contribution in [-0.4, -0.2) is 57.4 Å². The van der Waals surface area contributed by atoms with Crippen molar-refractivity contribution in [2.45, 2.75) is 57.7 Å². The minimum Gasteiger partial charge on any atom is -0.354 e. The molecule has 3 aromatic heterocycles. The number of thiazole rings is 1. The maximum Gasteiger partial charge on any atom is 0.291 e. The van der Waals surface area contributed by atoms with Gasteiger partial charge in [-0.2, -0.15) is 0 Å². The molecule has 1 aliphatic rings. The molecule has 4 amide bonds. The van der Waals surface area contributed by atoms with Gasteiger partial charge in [-0.1, -0.05) is 49.3 Å². The van der Waals surface area contributed by atoms with Crippen molar-refractivity contribution in [1.29, 1.82) is 0 Å². The number of carbonyl (C=O) groups excluding carboxylic acids is 4. The number of rotatable bonds is 5. The van der Waals surface area contributed by atoms with Gasteiger partial charge in [-0.3, -0.25) is 19.2 Å². The van der Waals surface area contributed by atoms with E-state index in [1.807, 2.05) is 44.2 Å². The van der Waals surface area contributed by atoms with Crippen LogP contribution in [0.5, 0.6) is 0 Å². The highest BCUT2D eigenvalue weighted by molar-refractivity contribution is 7.09. The van der Waals surface area contributed by atoms with E-state index in [-0.39, 0.29) is 23.3 Å². The maximum atomic E-state index is 13.6. The summed E-state index contributed by atoms with van der Waals surface area (Å²) in [6.45, 7) is 4.20. The van der Waals surface area contributed by atoms with Gasteiger partial charge in [0.25, 0.3) is 11.8 Å². The summed E-state index contributed by atoms with van der Waals surface area (Å²) < 4.78 is 5.25. The van der Waals surface area contributed by atoms with Crippen LogP contribution in [0, 0.1) is 5.92 Å². The Morgan fingerprint density at radius 1 is 1.07 bits per heavy atom. The predicted molar refractivity (Wildman–Crippen MR) is 159 cm³/mol. The Hall–Kier alpha value is -4.65. The lowest BCUT2D eigenvalue weighted by Gasteiger charge is -2.25. The Labute approximate surface area is 252 Å². The van der Waals surface area contributed by atoms with Crippen LogP contribution in [0.15, 0.2) is 58.6 Å². The second-order valence-electron chi connectivity index (χ2n) is 10.7. The van der Waals surface area contributed by atoms with E-state index in [1.54, 1.807) is 23.7 Å². The molecule has 12 nitrogen and oxygen atoms in total. The summed E-state index contributed by atoms with van der Waals surface area (Å²) in [5.41, 5.74) is 1.36. The first-order valence-electron chi connectivity index (χ1n) is 14.2. The van der Waals surface area contributed by atoms with Crippen molar-refractivity contribution in [2.75, 3.05) is 6.54 Å². The summed E-state index contributed by atoms with van der Waals surface area (Å²) in [6, 6.07) is 10.6. The molecule has 5 rings (SSSR count). The molecule has 0 radical (unpaired) electrons. The van der Waals surface area contributed by atoms with E-state index in [1.165, 1.54) is 11.3 Å². The van der Waals surface area contributed by atoms with E-state index >= 15 is 0 Å². The van der Waals surface area contributed by atoms with Gasteiger partial charge >= 0.3 is 0 Å². The number of benzene rings is 1. The molecule has 0 spiro atoms. The topological polar surface area (TPSA) is 168 Å². The number of hydrogen-bond acceptors (Lipinski definition) is 9. The van der Waals surface area contributed by atoms with Gasteiger partial charge in [0.05, 0.1) is 11.4 Å². The van der Waals surface area contributed by atoms with Crippen molar-refractivity contribution < 1.29 is 23.7 Å². The standard InChI is InChI=1S/C30H33N7O5S/c1-17(2)23-30-35-22(16-43-30)28(40)34-21(15-18-9-4-3-5-10-18)26(38)32-13-7-6-12-20(27(39)36-23)33-29(41)24-19-11-8-14-31-25(19)37-42-24/h3-5,8-11,14,16-17,20-21,23H,6-7,12-13,15H2,1-2H3,(H,32,38)(H,33,41)(H,34,40)(H,36,39)/t20-,21+,23+/m0/s1. The first-order chi connectivity index (χ1) is 20.8. The number of pyridine rings is 1. The maximum absolute atomic E-state index is 13.6. The zero-order chi connectivity index (χ0) is 30.3. The first-order valence-corrected chi connectivity index (χ1v) is 15.1. The van der Waals surface area contributed by atoms with Crippen molar-refractivity contribution >= 4 is 46.0 Å². The van der Waals surface area contributed by atoms with Crippen LogP contribution < -0.4 is 21.3 Å². The second-order valence-corrected chi connectivity index (χ2v) is 11.6. The Kier molecular flexibility index (Phi) is 9.40. The van der Waals surface area contributed by atoms with Gasteiger partial charge in [0.15, 0.2) is 0 Å². The van der Waals surface area contributed by atoms with E-state index < -0.39 is 35.8 Å². The lowest BCUT2D eigenvalue weighted by molar-refractivity contribution is -0.124. The zero-order valence-corrected chi connectivity index (χ0v) is 24.6. The van der Waals surface area contributed by atoms with Gasteiger partial charge in [0.2, 0.25) is 23.2 Å². The molecule has 0 unspecified atom stereocenters. The molecule has 4 N–H and O–H groups in total. The lowest BCUT2D eigenvalue weighted by Crippen LogP contribution is -2.49. The van der Waals surface area contributed by atoms with Crippen LogP contribution in [-0.2, 0) is 16.0 Å². The van der Waals surface area contributed by atoms with Crippen molar-refractivity contribution in [1.82, 2.24) is 36.4 Å². The molecule has 3 atom stereocenters. The third-order valence-corrected chi connectivity index (χ3v) is 8.12. The van der Waals surface area contributed by atoms with Gasteiger partial charge in [0, 0.05) is 24.5 Å². The smallest absolute Gasteiger partial charge is 0.291 e. The number of amides is 4. The Bertz CT molecular complexity index is 1600. The van der Waals surface area contributed by atoms with Crippen molar-refractivity contribution in [3.63, 3.8) is 0 Å². The minimum absolute atomic E-state index is 0.0317. The normalized spacial score (nSPS) is 20.3. The number of hydrogen-bond donors (Lipinski definition) is 4. The van der Waals surface area contributed by atoms with Crippen LogP contribution in [0.3, 0.4) is 0 Å². The molecule has 1 aliphatic heterocycles. The van der Waals surface area contributed by atoms with E-state index in [0.29, 0.717) is 48.3 Å². The second kappa shape index (κ2) is 13.6. The third-order valence-electron chi connectivity index (χ3n) is 7.19. The summed E-state index contributed by atoms with van der Waals surface area (Å²) in [5, 5.41) is 18.0. The van der Waals surface area contributed by atoms with Crippen LogP contribution in [0.25, 0.3) is 11.0 Å². The number of nitrogens with zero attached hydrogens (tertiary/aromatic N) is 3. The molecular formula is C30H33N7O5S. The average Bonchev–Trinajstić information content (AvgIpc) is 3.66. The van der Waals surface area contributed by atoms with Crippen LogP contribution in [0.2, 0.25) is 0 Å². The van der Waals surface area contributed by atoms with E-state index in [4.69, 9.17) is 4.52 Å². The van der Waals surface area contributed by atoms with Crippen LogP contribution in [0.1, 0.15) is 70.8 Å². The molecule has 0 aliphatic carbocycles. The molecule has 224 valence electrons. The largest absolute Gasteiger partial charge is 0.354 e. The molecule has 43 heavy (non-hydrogen) atoms. The number of carbonyl (C=O) groups is 4. The Morgan fingerprint density at radius 3 is 2.67 bits per heavy atom. The van der Waals surface area contributed by atoms with Crippen LogP contribution >= 0.6 is 11.3 Å². The third kappa shape index (κ3) is 7.23. The quantitative estimate of drug-likeness (QED) is 0.270. The van der Waals surface area contributed by atoms with Gasteiger partial charge < -0.3 is 25.8 Å². The highest BCUT2D eigenvalue weighted by Gasteiger charge is 2.30. The lowest BCUT2D eigenvalue weighted by atomic mass is 10.0. The highest BCUT2D eigenvalue weighted by Crippen LogP contribution is 2.26. The summed E-state index contributed by atoms with van der Waals surface area (Å²) in [4.78, 5) is 61.8. The average molecular weight is 604 g/mol. The van der Waals surface area contributed by atoms with Crippen molar-refractivity contribution in [2.24, 2.45) is 5.92 Å². The summed E-state index contributed by atoms with van der Waals surface area (Å²) in [5.74, 6) is -1.87. The van der Waals surface area contributed by atoms with Gasteiger partial charge in [-0.15, -0.1) is 11.3 Å². The molecular weight excluding hydrogens is 570 g/mol.